The van der Waals surface area contributed by atoms with Gasteiger partial charge in [0.2, 0.25) is 11.9 Å². The molecule has 1 saturated carbocycles. The SMILES string of the molecule is CCOC(=O)CC[C@@H](NC1CCC(CCC2CNc3nc(NC(=O)C(C)(C)C)[nH]c(=O)c3C2)CC1)C(=O)OCC. The van der Waals surface area contributed by atoms with E-state index in [1.54, 1.807) is 34.6 Å². The van der Waals surface area contributed by atoms with Crippen molar-refractivity contribution < 1.29 is 23.9 Å². The van der Waals surface area contributed by atoms with E-state index in [4.69, 9.17) is 9.47 Å². The maximum absolute atomic E-state index is 12.7. The van der Waals surface area contributed by atoms with Gasteiger partial charge in [-0.05, 0) is 70.6 Å². The second kappa shape index (κ2) is 14.6. The average molecular weight is 562 g/mol. The van der Waals surface area contributed by atoms with Gasteiger partial charge < -0.3 is 20.1 Å². The van der Waals surface area contributed by atoms with Crippen LogP contribution in [0.1, 0.15) is 91.5 Å². The zero-order chi connectivity index (χ0) is 29.3. The second-order valence-corrected chi connectivity index (χ2v) is 12.0. The van der Waals surface area contributed by atoms with Gasteiger partial charge in [0.15, 0.2) is 0 Å². The van der Waals surface area contributed by atoms with Crippen molar-refractivity contribution in [3.05, 3.63) is 15.9 Å². The Labute approximate surface area is 237 Å². The smallest absolute Gasteiger partial charge is 0.323 e. The molecular weight excluding hydrogens is 514 g/mol. The first-order valence-electron chi connectivity index (χ1n) is 14.8. The number of amides is 1. The fraction of sp³-hybridized carbons (Fsp3) is 0.759. The van der Waals surface area contributed by atoms with E-state index in [-0.39, 0.29) is 41.8 Å². The molecule has 11 heteroatoms. The van der Waals surface area contributed by atoms with Gasteiger partial charge in [0, 0.05) is 24.4 Å². The number of fused-ring (bicyclic) bond motifs is 1. The summed E-state index contributed by atoms with van der Waals surface area (Å²) in [5.74, 6) is 0.854. The molecule has 1 aliphatic carbocycles. The summed E-state index contributed by atoms with van der Waals surface area (Å²) in [5.41, 5.74) is -0.155. The van der Waals surface area contributed by atoms with Crippen molar-refractivity contribution in [1.82, 2.24) is 15.3 Å². The molecule has 0 radical (unpaired) electrons. The summed E-state index contributed by atoms with van der Waals surface area (Å²) in [4.78, 5) is 56.4. The first-order chi connectivity index (χ1) is 19.0. The molecule has 1 amide bonds. The van der Waals surface area contributed by atoms with Crippen LogP contribution in [-0.4, -0.2) is 59.7 Å². The molecule has 224 valence electrons. The number of nitrogens with one attached hydrogen (secondary N) is 4. The van der Waals surface area contributed by atoms with E-state index in [1.165, 1.54) is 0 Å². The lowest BCUT2D eigenvalue weighted by Crippen LogP contribution is -2.46. The topological polar surface area (TPSA) is 152 Å². The van der Waals surface area contributed by atoms with Crippen molar-refractivity contribution in [3.63, 3.8) is 0 Å². The Hall–Kier alpha value is -2.95. The van der Waals surface area contributed by atoms with Crippen molar-refractivity contribution in [2.75, 3.05) is 30.4 Å². The molecule has 0 aromatic carbocycles. The molecule has 40 heavy (non-hydrogen) atoms. The monoisotopic (exact) mass is 561 g/mol. The van der Waals surface area contributed by atoms with Crippen molar-refractivity contribution in [1.29, 1.82) is 0 Å². The van der Waals surface area contributed by atoms with Gasteiger partial charge in [0.25, 0.3) is 5.56 Å². The molecule has 3 rings (SSSR count). The van der Waals surface area contributed by atoms with E-state index in [0.717, 1.165) is 45.1 Å². The first-order valence-corrected chi connectivity index (χ1v) is 14.8. The fourth-order valence-corrected chi connectivity index (χ4v) is 5.37. The highest BCUT2D eigenvalue weighted by atomic mass is 16.5. The number of carbonyl (C=O) groups is 3. The van der Waals surface area contributed by atoms with E-state index >= 15 is 0 Å². The van der Waals surface area contributed by atoms with Crippen molar-refractivity contribution in [3.8, 4) is 0 Å². The van der Waals surface area contributed by atoms with Crippen LogP contribution in [0.4, 0.5) is 11.8 Å². The number of hydrogen-bond donors (Lipinski definition) is 4. The predicted molar refractivity (Wildman–Crippen MR) is 153 cm³/mol. The van der Waals surface area contributed by atoms with E-state index in [0.29, 0.717) is 49.3 Å². The number of aromatic amines is 1. The van der Waals surface area contributed by atoms with Crippen molar-refractivity contribution >= 4 is 29.6 Å². The number of ether oxygens (including phenoxy) is 2. The Balaban J connectivity index is 1.45. The van der Waals surface area contributed by atoms with Crippen LogP contribution in [0.15, 0.2) is 4.79 Å². The third kappa shape index (κ3) is 9.31. The third-order valence-electron chi connectivity index (χ3n) is 7.76. The molecule has 2 aliphatic rings. The highest BCUT2D eigenvalue weighted by Gasteiger charge is 2.29. The number of esters is 2. The van der Waals surface area contributed by atoms with Crippen molar-refractivity contribution in [2.24, 2.45) is 17.3 Å². The van der Waals surface area contributed by atoms with Crippen LogP contribution in [0.25, 0.3) is 0 Å². The lowest BCUT2D eigenvalue weighted by Gasteiger charge is -2.33. The van der Waals surface area contributed by atoms with Gasteiger partial charge >= 0.3 is 11.9 Å². The molecule has 2 heterocycles. The molecule has 0 saturated heterocycles. The molecule has 0 spiro atoms. The maximum atomic E-state index is 12.7. The normalized spacial score (nSPS) is 21.5. The summed E-state index contributed by atoms with van der Waals surface area (Å²) in [6, 6.07) is -0.290. The third-order valence-corrected chi connectivity index (χ3v) is 7.76. The first kappa shape index (κ1) is 31.6. The Morgan fingerprint density at radius 2 is 1.70 bits per heavy atom. The highest BCUT2D eigenvalue weighted by Crippen LogP contribution is 2.32. The molecule has 1 aromatic rings. The minimum Gasteiger partial charge on any atom is -0.466 e. The summed E-state index contributed by atoms with van der Waals surface area (Å²) >= 11 is 0. The van der Waals surface area contributed by atoms with Gasteiger partial charge in [-0.3, -0.25) is 29.5 Å². The Morgan fingerprint density at radius 1 is 1.02 bits per heavy atom. The largest absolute Gasteiger partial charge is 0.466 e. The molecule has 4 N–H and O–H groups in total. The second-order valence-electron chi connectivity index (χ2n) is 12.0. The summed E-state index contributed by atoms with van der Waals surface area (Å²) in [6.45, 7) is 10.3. The van der Waals surface area contributed by atoms with E-state index < -0.39 is 11.5 Å². The number of carbonyl (C=O) groups excluding carboxylic acids is 3. The molecular formula is C29H47N5O6. The number of hydrogen-bond acceptors (Lipinski definition) is 9. The molecule has 1 aromatic heterocycles. The van der Waals surface area contributed by atoms with E-state index in [2.05, 4.69) is 25.9 Å². The minimum atomic E-state index is -0.588. The number of anilines is 2. The van der Waals surface area contributed by atoms with Crippen LogP contribution in [-0.2, 0) is 30.3 Å². The Bertz CT molecular complexity index is 1070. The van der Waals surface area contributed by atoms with E-state index in [1.807, 2.05) is 0 Å². The summed E-state index contributed by atoms with van der Waals surface area (Å²) in [7, 11) is 0. The molecule has 1 fully saturated rings. The van der Waals surface area contributed by atoms with Crippen LogP contribution in [0.3, 0.4) is 0 Å². The van der Waals surface area contributed by atoms with Crippen molar-refractivity contribution in [2.45, 2.75) is 104 Å². The number of rotatable bonds is 12. The quantitative estimate of drug-likeness (QED) is 0.281. The van der Waals surface area contributed by atoms with Crippen LogP contribution in [0.2, 0.25) is 0 Å². The minimum absolute atomic E-state index is 0.172. The summed E-state index contributed by atoms with van der Waals surface area (Å²) in [5, 5.41) is 9.44. The Kier molecular flexibility index (Phi) is 11.5. The van der Waals surface area contributed by atoms with Gasteiger partial charge in [-0.1, -0.05) is 27.2 Å². The van der Waals surface area contributed by atoms with Gasteiger partial charge in [0.1, 0.15) is 11.9 Å². The standard InChI is InChI=1S/C29H47N5O6/c1-6-39-23(35)15-14-22(26(37)40-7-2)31-20-12-10-18(11-13-20)8-9-19-16-21-24(30-17-19)32-28(33-25(21)36)34-27(38)29(3,4)5/h18-20,22,31H,6-17H2,1-5H3,(H3,30,32,33,34,36,38)/t18?,19?,20?,22-/m1/s1. The van der Waals surface area contributed by atoms with Crippen LogP contribution in [0.5, 0.6) is 0 Å². The van der Waals surface area contributed by atoms with Crippen LogP contribution < -0.4 is 21.5 Å². The molecule has 1 aliphatic heterocycles. The number of H-pyrrole nitrogens is 1. The zero-order valence-corrected chi connectivity index (χ0v) is 24.7. The van der Waals surface area contributed by atoms with E-state index in [9.17, 15) is 19.2 Å². The Morgan fingerprint density at radius 3 is 2.35 bits per heavy atom. The molecule has 1 unspecified atom stereocenters. The van der Waals surface area contributed by atoms with Gasteiger partial charge in [0.05, 0.1) is 18.8 Å². The average Bonchev–Trinajstić information content (AvgIpc) is 2.90. The molecule has 2 atom stereocenters. The van der Waals surface area contributed by atoms with Crippen LogP contribution >= 0.6 is 0 Å². The predicted octanol–water partition coefficient (Wildman–Crippen LogP) is 3.54. The number of nitrogens with zero attached hydrogens (tertiary/aromatic N) is 1. The zero-order valence-electron chi connectivity index (χ0n) is 24.7. The summed E-state index contributed by atoms with van der Waals surface area (Å²) < 4.78 is 10.2. The lowest BCUT2D eigenvalue weighted by atomic mass is 9.80. The number of aromatic nitrogens is 2. The van der Waals surface area contributed by atoms with Gasteiger partial charge in [-0.2, -0.15) is 4.98 Å². The fourth-order valence-electron chi connectivity index (χ4n) is 5.37. The summed E-state index contributed by atoms with van der Waals surface area (Å²) in [6.07, 6.45) is 7.40. The molecule has 11 nitrogen and oxygen atoms in total. The molecule has 0 bridgehead atoms. The van der Waals surface area contributed by atoms with Crippen LogP contribution in [0, 0.1) is 17.3 Å². The maximum Gasteiger partial charge on any atom is 0.323 e. The highest BCUT2D eigenvalue weighted by molar-refractivity contribution is 5.93. The lowest BCUT2D eigenvalue weighted by molar-refractivity contribution is -0.147. The van der Waals surface area contributed by atoms with Gasteiger partial charge in [-0.25, -0.2) is 0 Å². The van der Waals surface area contributed by atoms with Gasteiger partial charge in [-0.15, -0.1) is 0 Å².